The summed E-state index contributed by atoms with van der Waals surface area (Å²) >= 11 is 1.21. The van der Waals surface area contributed by atoms with E-state index in [-0.39, 0.29) is 17.5 Å². The monoisotopic (exact) mass is 400 g/mol. The van der Waals surface area contributed by atoms with Crippen LogP contribution in [0.3, 0.4) is 0 Å². The molecule has 2 aliphatic rings. The second-order valence-corrected chi connectivity index (χ2v) is 7.94. The Morgan fingerprint density at radius 2 is 1.64 bits per heavy atom. The highest BCUT2D eigenvalue weighted by Gasteiger charge is 2.22. The van der Waals surface area contributed by atoms with E-state index in [1.54, 1.807) is 28.0 Å². The van der Waals surface area contributed by atoms with E-state index in [1.165, 1.54) is 36.2 Å². The molecule has 1 aliphatic heterocycles. The first-order chi connectivity index (χ1) is 13.7. The van der Waals surface area contributed by atoms with Crippen LogP contribution in [-0.4, -0.2) is 54.0 Å². The van der Waals surface area contributed by atoms with E-state index < -0.39 is 0 Å². The fourth-order valence-corrected chi connectivity index (χ4v) is 3.85. The predicted molar refractivity (Wildman–Crippen MR) is 110 cm³/mol. The van der Waals surface area contributed by atoms with Gasteiger partial charge in [-0.1, -0.05) is 42.5 Å². The molecule has 4 nitrogen and oxygen atoms in total. The quantitative estimate of drug-likeness (QED) is 0.566. The van der Waals surface area contributed by atoms with Crippen molar-refractivity contribution in [2.24, 2.45) is 0 Å². The summed E-state index contributed by atoms with van der Waals surface area (Å²) in [5, 5.41) is 0. The molecule has 148 valence electrons. The van der Waals surface area contributed by atoms with Crippen molar-refractivity contribution >= 4 is 24.1 Å². The highest BCUT2D eigenvalue weighted by atomic mass is 32.2. The lowest BCUT2D eigenvalue weighted by atomic mass is 10.1. The maximum atomic E-state index is 13.4. The minimum Gasteiger partial charge on any atom is -0.342 e. The fraction of sp³-hybridized carbons (Fsp3) is 0.364. The van der Waals surface area contributed by atoms with E-state index in [4.69, 9.17) is 0 Å². The number of nitrogens with zero attached hydrogens (tertiary/aromatic N) is 2. The summed E-state index contributed by atoms with van der Waals surface area (Å²) in [6.45, 7) is 2.24. The van der Waals surface area contributed by atoms with Crippen molar-refractivity contribution in [1.29, 1.82) is 0 Å². The van der Waals surface area contributed by atoms with Crippen LogP contribution in [0.1, 0.15) is 24.3 Å². The molecule has 4 rings (SSSR count). The normalized spacial score (nSPS) is 16.2. The summed E-state index contributed by atoms with van der Waals surface area (Å²) in [4.78, 5) is 26.4. The zero-order chi connectivity index (χ0) is 19.8. The highest BCUT2D eigenvalue weighted by molar-refractivity contribution is 8.00. The van der Waals surface area contributed by atoms with Crippen molar-refractivity contribution in [3.8, 4) is 0 Å². The molecule has 0 bridgehead atoms. The first-order valence-corrected chi connectivity index (χ1v) is 10.6. The molecule has 2 aromatic carbocycles. The Bertz CT molecular complexity index is 775. The van der Waals surface area contributed by atoms with Crippen molar-refractivity contribution in [2.75, 3.05) is 31.9 Å². The maximum Gasteiger partial charge on any atom is 0.233 e. The summed E-state index contributed by atoms with van der Waals surface area (Å²) < 4.78 is 13.4. The van der Waals surface area contributed by atoms with Gasteiger partial charge in [0.05, 0.1) is 5.75 Å². The van der Waals surface area contributed by atoms with Gasteiger partial charge < -0.3 is 9.80 Å². The third kappa shape index (κ3) is 6.09. The van der Waals surface area contributed by atoms with Gasteiger partial charge in [-0.25, -0.2) is 4.39 Å². The number of hydrogen-bond acceptors (Lipinski definition) is 3. The van der Waals surface area contributed by atoms with Crippen molar-refractivity contribution in [1.82, 2.24) is 9.80 Å². The molecule has 0 spiro atoms. The van der Waals surface area contributed by atoms with E-state index in [2.05, 4.69) is 30.3 Å². The third-order valence-electron chi connectivity index (χ3n) is 4.85. The molecule has 1 saturated carbocycles. The molecule has 1 aliphatic carbocycles. The second kappa shape index (κ2) is 10.3. The Hall–Kier alpha value is -2.34. The van der Waals surface area contributed by atoms with Gasteiger partial charge in [0, 0.05) is 31.1 Å². The number of carbonyl (C=O) groups is 2. The first-order valence-electron chi connectivity index (χ1n) is 9.57. The number of halogens is 1. The SMILES string of the molecule is O=CN1CCN(C(=O)CSc2ccccc2F)CC1.c1ccc(C2CC2)cc1. The van der Waals surface area contributed by atoms with Crippen molar-refractivity contribution < 1.29 is 14.0 Å². The van der Waals surface area contributed by atoms with Crippen LogP contribution in [0.4, 0.5) is 4.39 Å². The number of thioether (sulfide) groups is 1. The summed E-state index contributed by atoms with van der Waals surface area (Å²) in [7, 11) is 0. The molecule has 6 heteroatoms. The average molecular weight is 401 g/mol. The minimum atomic E-state index is -0.300. The van der Waals surface area contributed by atoms with Crippen LogP contribution >= 0.6 is 11.8 Å². The smallest absolute Gasteiger partial charge is 0.233 e. The van der Waals surface area contributed by atoms with Gasteiger partial charge in [0.1, 0.15) is 5.82 Å². The van der Waals surface area contributed by atoms with Gasteiger partial charge in [-0.15, -0.1) is 11.8 Å². The number of hydrogen-bond donors (Lipinski definition) is 0. The van der Waals surface area contributed by atoms with Gasteiger partial charge in [-0.2, -0.15) is 0 Å². The fourth-order valence-electron chi connectivity index (χ4n) is 3.01. The van der Waals surface area contributed by atoms with E-state index in [0.717, 1.165) is 12.3 Å². The molecular weight excluding hydrogens is 375 g/mol. The Labute approximate surface area is 169 Å². The summed E-state index contributed by atoms with van der Waals surface area (Å²) in [6.07, 6.45) is 3.62. The van der Waals surface area contributed by atoms with Crippen LogP contribution in [0.5, 0.6) is 0 Å². The molecule has 0 unspecified atom stereocenters. The van der Waals surface area contributed by atoms with Gasteiger partial charge in [0.15, 0.2) is 0 Å². The topological polar surface area (TPSA) is 40.6 Å². The molecule has 2 amide bonds. The zero-order valence-electron chi connectivity index (χ0n) is 15.8. The second-order valence-electron chi connectivity index (χ2n) is 6.93. The number of amides is 2. The van der Waals surface area contributed by atoms with E-state index in [0.29, 0.717) is 31.1 Å². The molecule has 2 fully saturated rings. The van der Waals surface area contributed by atoms with Crippen LogP contribution in [0.25, 0.3) is 0 Å². The zero-order valence-corrected chi connectivity index (χ0v) is 16.6. The number of rotatable bonds is 5. The molecule has 0 radical (unpaired) electrons. The predicted octanol–water partition coefficient (Wildman–Crippen LogP) is 3.78. The third-order valence-corrected chi connectivity index (χ3v) is 5.89. The minimum absolute atomic E-state index is 0.0150. The Morgan fingerprint density at radius 3 is 2.25 bits per heavy atom. The summed E-state index contributed by atoms with van der Waals surface area (Å²) in [5.41, 5.74) is 1.53. The van der Waals surface area contributed by atoms with Crippen molar-refractivity contribution in [3.63, 3.8) is 0 Å². The van der Waals surface area contributed by atoms with E-state index in [1.807, 2.05) is 0 Å². The van der Waals surface area contributed by atoms with Crippen LogP contribution in [0.2, 0.25) is 0 Å². The van der Waals surface area contributed by atoms with Crippen LogP contribution in [0.15, 0.2) is 59.5 Å². The lowest BCUT2D eigenvalue weighted by molar-refractivity contribution is -0.132. The van der Waals surface area contributed by atoms with Gasteiger partial charge in [0.2, 0.25) is 12.3 Å². The van der Waals surface area contributed by atoms with Crippen LogP contribution < -0.4 is 0 Å². The Balaban J connectivity index is 0.000000206. The highest BCUT2D eigenvalue weighted by Crippen LogP contribution is 2.39. The first kappa shape index (κ1) is 20.4. The van der Waals surface area contributed by atoms with Gasteiger partial charge in [-0.3, -0.25) is 9.59 Å². The molecule has 2 aromatic rings. The van der Waals surface area contributed by atoms with Crippen molar-refractivity contribution in [3.05, 3.63) is 66.0 Å². The molecule has 0 aromatic heterocycles. The molecule has 1 heterocycles. The lowest BCUT2D eigenvalue weighted by Crippen LogP contribution is -2.48. The van der Waals surface area contributed by atoms with Gasteiger partial charge in [0.25, 0.3) is 0 Å². The van der Waals surface area contributed by atoms with E-state index >= 15 is 0 Å². The van der Waals surface area contributed by atoms with Crippen molar-refractivity contribution in [2.45, 2.75) is 23.7 Å². The molecule has 28 heavy (non-hydrogen) atoms. The lowest BCUT2D eigenvalue weighted by Gasteiger charge is -2.32. The van der Waals surface area contributed by atoms with Crippen LogP contribution in [0, 0.1) is 5.82 Å². The van der Waals surface area contributed by atoms with Gasteiger partial charge in [-0.05, 0) is 36.5 Å². The summed E-state index contributed by atoms with van der Waals surface area (Å²) in [6, 6.07) is 17.2. The van der Waals surface area contributed by atoms with Gasteiger partial charge >= 0.3 is 0 Å². The molecular formula is C22H25FN2O2S. The number of piperazine rings is 1. The molecule has 1 saturated heterocycles. The van der Waals surface area contributed by atoms with Crippen LogP contribution in [-0.2, 0) is 9.59 Å². The Kier molecular flexibility index (Phi) is 7.48. The molecule has 0 N–H and O–H groups in total. The maximum absolute atomic E-state index is 13.4. The average Bonchev–Trinajstić information content (AvgIpc) is 3.60. The standard InChI is InChI=1S/C13H15FN2O2S.C9H10/c14-11-3-1-2-4-12(11)19-9-13(18)16-7-5-15(10-17)6-8-16;1-2-4-8(5-3-1)9-6-7-9/h1-4,10H,5-9H2;1-5,9H,6-7H2. The van der Waals surface area contributed by atoms with E-state index in [9.17, 15) is 14.0 Å². The summed E-state index contributed by atoms with van der Waals surface area (Å²) in [5.74, 6) is 0.818. The largest absolute Gasteiger partial charge is 0.342 e. The molecule has 0 atom stereocenters. The Morgan fingerprint density at radius 1 is 1.00 bits per heavy atom. The number of benzene rings is 2. The number of carbonyl (C=O) groups excluding carboxylic acids is 2.